The Hall–Kier alpha value is -2.72. The average molecular weight is 787 g/mol. The molecule has 0 saturated heterocycles. The maximum atomic E-state index is 8.44. The second-order valence-electron chi connectivity index (χ2n) is 16.2. The van der Waals surface area contributed by atoms with Crippen LogP contribution < -0.4 is 5.11 Å². The second-order valence-corrected chi connectivity index (χ2v) is 18.1. The molecule has 0 aliphatic heterocycles. The van der Waals surface area contributed by atoms with Crippen LogP contribution in [0.1, 0.15) is 211 Å². The van der Waals surface area contributed by atoms with Gasteiger partial charge in [-0.15, -0.1) is 0 Å². The molecule has 0 fully saturated rings. The van der Waals surface area contributed by atoms with E-state index in [-0.39, 0.29) is 10.9 Å². The highest BCUT2D eigenvalue weighted by Crippen LogP contribution is 2.38. The van der Waals surface area contributed by atoms with E-state index in [4.69, 9.17) is 15.0 Å². The summed E-state index contributed by atoms with van der Waals surface area (Å²) in [6, 6.07) is 28.4. The average Bonchev–Trinajstić information content (AvgIpc) is 3.20. The molecular formula is C52H82O3S. The van der Waals surface area contributed by atoms with E-state index < -0.39 is 6.16 Å². The van der Waals surface area contributed by atoms with Gasteiger partial charge in [0.1, 0.15) is 0 Å². The Morgan fingerprint density at radius 1 is 0.446 bits per heavy atom. The van der Waals surface area contributed by atoms with Crippen LogP contribution in [0.2, 0.25) is 0 Å². The molecule has 0 saturated carbocycles. The molecule has 0 bridgehead atoms. The normalized spacial score (nSPS) is 11.1. The summed E-state index contributed by atoms with van der Waals surface area (Å²) in [4.78, 5) is 13.1. The largest absolute Gasteiger partial charge is 0.565 e. The molecule has 56 heavy (non-hydrogen) atoms. The van der Waals surface area contributed by atoms with Crippen LogP contribution in [0, 0.1) is 0 Å². The first-order chi connectivity index (χ1) is 27.5. The molecule has 3 aromatic carbocycles. The molecule has 3 aromatic rings. The predicted molar refractivity (Wildman–Crippen MR) is 242 cm³/mol. The fraction of sp³-hybridized carbons (Fsp3) is 0.635. The summed E-state index contributed by atoms with van der Waals surface area (Å²) < 4.78 is 0. The van der Waals surface area contributed by atoms with E-state index in [1.165, 1.54) is 202 Å². The van der Waals surface area contributed by atoms with Crippen LogP contribution >= 0.6 is 0 Å². The van der Waals surface area contributed by atoms with E-state index >= 15 is 0 Å². The van der Waals surface area contributed by atoms with Crippen molar-refractivity contribution >= 4 is 17.1 Å². The van der Waals surface area contributed by atoms with Gasteiger partial charge in [-0.2, -0.15) is 0 Å². The first-order valence-electron chi connectivity index (χ1n) is 23.4. The van der Waals surface area contributed by atoms with E-state index in [2.05, 4.69) is 93.6 Å². The first kappa shape index (κ1) is 49.4. The van der Waals surface area contributed by atoms with Crippen molar-refractivity contribution in [1.82, 2.24) is 0 Å². The quantitative estimate of drug-likeness (QED) is 0.0494. The monoisotopic (exact) mass is 787 g/mol. The molecule has 3 nitrogen and oxygen atoms in total. The molecule has 0 aromatic heterocycles. The summed E-state index contributed by atoms with van der Waals surface area (Å²) in [7, 11) is -0.0872. The van der Waals surface area contributed by atoms with Gasteiger partial charge in [0.25, 0.3) is 0 Å². The van der Waals surface area contributed by atoms with Gasteiger partial charge in [-0.1, -0.05) is 223 Å². The predicted octanol–water partition coefficient (Wildman–Crippen LogP) is 15.9. The topological polar surface area (TPSA) is 60.4 Å². The summed E-state index contributed by atoms with van der Waals surface area (Å²) >= 11 is 0. The standard InChI is InChI=1S/C51H81S.CH2O3/c1-4-7-10-13-16-19-22-25-30-37-46-44-47(38-31-26-23-20-17-14-11-8-5-2)51(48(45-46)39-32-27-24-21-18-15-12-9-6-3)52(49-40-33-28-34-41-49)50-42-35-29-36-43-50;2-1(3)4/h28-29,33-36,40-45H,4-27,30-32,37-39H2,1-3H3;(H2,2,3,4)/q+1;/p-1. The van der Waals surface area contributed by atoms with Crippen molar-refractivity contribution in [2.24, 2.45) is 0 Å². The Kier molecular flexibility index (Phi) is 30.3. The number of hydrogen-bond donors (Lipinski definition) is 1. The van der Waals surface area contributed by atoms with Crippen molar-refractivity contribution in [3.63, 3.8) is 0 Å². The Morgan fingerprint density at radius 3 is 1.02 bits per heavy atom. The van der Waals surface area contributed by atoms with E-state index in [0.717, 1.165) is 0 Å². The molecule has 0 aliphatic carbocycles. The maximum Gasteiger partial charge on any atom is 0.249 e. The van der Waals surface area contributed by atoms with Gasteiger partial charge in [-0.05, 0) is 68.4 Å². The zero-order valence-electron chi connectivity index (χ0n) is 36.3. The summed E-state index contributed by atoms with van der Waals surface area (Å²) in [5, 5.41) is 15.3. The number of hydrogen-bond acceptors (Lipinski definition) is 2. The lowest BCUT2D eigenvalue weighted by Crippen LogP contribution is -2.17. The Balaban J connectivity index is 0.00000258. The molecule has 3 rings (SSSR count). The first-order valence-corrected chi connectivity index (χ1v) is 24.6. The minimum Gasteiger partial charge on any atom is -0.565 e. The summed E-state index contributed by atoms with van der Waals surface area (Å²) in [6.07, 6.45) is 39.3. The van der Waals surface area contributed by atoms with E-state index in [9.17, 15) is 0 Å². The van der Waals surface area contributed by atoms with Crippen LogP contribution in [0.4, 0.5) is 4.79 Å². The molecule has 0 unspecified atom stereocenters. The van der Waals surface area contributed by atoms with Crippen LogP contribution in [0.5, 0.6) is 0 Å². The SMILES string of the molecule is CCCCCCCCCCCc1cc(CCCCCCCCCCC)c([S+](c2ccccc2)c2ccccc2)c(CCCCCCCCCCC)c1.O=C([O-])O. The molecule has 0 amide bonds. The number of unbranched alkanes of at least 4 members (excludes halogenated alkanes) is 24. The Morgan fingerprint density at radius 2 is 0.714 bits per heavy atom. The van der Waals surface area contributed by atoms with Crippen LogP contribution in [0.25, 0.3) is 0 Å². The maximum absolute atomic E-state index is 8.44. The van der Waals surface area contributed by atoms with Gasteiger partial charge >= 0.3 is 0 Å². The third kappa shape index (κ3) is 23.5. The van der Waals surface area contributed by atoms with Crippen molar-refractivity contribution in [1.29, 1.82) is 0 Å². The van der Waals surface area contributed by atoms with E-state index in [1.807, 2.05) is 0 Å². The van der Waals surface area contributed by atoms with Gasteiger partial charge in [0.05, 0.1) is 10.9 Å². The minimum atomic E-state index is -2.08. The molecular weight excluding hydrogens is 705 g/mol. The number of carboxylic acid groups (broad SMARTS) is 2. The number of aryl methyl sites for hydroxylation is 3. The molecule has 0 spiro atoms. The molecule has 314 valence electrons. The summed E-state index contributed by atoms with van der Waals surface area (Å²) in [5.74, 6) is 0. The van der Waals surface area contributed by atoms with Gasteiger partial charge < -0.3 is 15.0 Å². The lowest BCUT2D eigenvalue weighted by atomic mass is 9.94. The fourth-order valence-corrected chi connectivity index (χ4v) is 10.4. The highest BCUT2D eigenvalue weighted by Gasteiger charge is 2.34. The van der Waals surface area contributed by atoms with Crippen LogP contribution in [-0.4, -0.2) is 11.3 Å². The minimum absolute atomic E-state index is 0.0872. The van der Waals surface area contributed by atoms with Crippen molar-refractivity contribution in [3.05, 3.63) is 89.5 Å². The Labute approximate surface area is 348 Å². The van der Waals surface area contributed by atoms with Crippen LogP contribution in [0.15, 0.2) is 87.5 Å². The molecule has 0 heterocycles. The van der Waals surface area contributed by atoms with Gasteiger partial charge in [-0.25, -0.2) is 0 Å². The molecule has 1 N–H and O–H groups in total. The third-order valence-corrected chi connectivity index (χ3v) is 13.6. The zero-order valence-corrected chi connectivity index (χ0v) is 37.1. The number of benzene rings is 3. The van der Waals surface area contributed by atoms with Gasteiger partial charge in [0.15, 0.2) is 14.7 Å². The van der Waals surface area contributed by atoms with E-state index in [1.54, 1.807) is 21.6 Å². The van der Waals surface area contributed by atoms with Gasteiger partial charge in [0, 0.05) is 11.1 Å². The van der Waals surface area contributed by atoms with Gasteiger partial charge in [0.2, 0.25) is 6.16 Å². The summed E-state index contributed by atoms with van der Waals surface area (Å²) in [6.45, 7) is 6.96. The molecule has 4 heteroatoms. The number of rotatable bonds is 33. The molecule has 0 atom stereocenters. The van der Waals surface area contributed by atoms with Crippen molar-refractivity contribution in [2.45, 2.75) is 228 Å². The lowest BCUT2D eigenvalue weighted by molar-refractivity contribution is -0.275. The van der Waals surface area contributed by atoms with E-state index in [0.29, 0.717) is 0 Å². The molecule has 0 aliphatic rings. The smallest absolute Gasteiger partial charge is 0.249 e. The highest BCUT2D eigenvalue weighted by molar-refractivity contribution is 7.97. The molecule has 0 radical (unpaired) electrons. The fourth-order valence-electron chi connectivity index (χ4n) is 7.98. The van der Waals surface area contributed by atoms with Crippen molar-refractivity contribution in [2.75, 3.05) is 0 Å². The van der Waals surface area contributed by atoms with Gasteiger partial charge in [-0.3, -0.25) is 0 Å². The second kappa shape index (κ2) is 34.3. The van der Waals surface area contributed by atoms with Crippen LogP contribution in [-0.2, 0) is 30.2 Å². The van der Waals surface area contributed by atoms with Crippen molar-refractivity contribution < 1.29 is 15.0 Å². The third-order valence-electron chi connectivity index (χ3n) is 11.1. The van der Waals surface area contributed by atoms with Crippen LogP contribution in [0.3, 0.4) is 0 Å². The summed E-state index contributed by atoms with van der Waals surface area (Å²) in [5.41, 5.74) is 4.95. The highest BCUT2D eigenvalue weighted by atomic mass is 32.2. The Bertz CT molecular complexity index is 1250. The zero-order chi connectivity index (χ0) is 40.3. The number of carbonyl (C=O) groups is 1. The lowest BCUT2D eigenvalue weighted by Gasteiger charge is -2.18. The van der Waals surface area contributed by atoms with Crippen molar-refractivity contribution in [3.8, 4) is 0 Å².